The van der Waals surface area contributed by atoms with Crippen LogP contribution in [-0.4, -0.2) is 65.7 Å². The molecule has 1 fully saturated rings. The molecule has 1 aliphatic rings. The Kier molecular flexibility index (Phi) is 7.06. The van der Waals surface area contributed by atoms with Gasteiger partial charge in [-0.3, -0.25) is 19.1 Å². The van der Waals surface area contributed by atoms with E-state index in [9.17, 15) is 9.59 Å². The molecule has 0 N–H and O–H groups in total. The van der Waals surface area contributed by atoms with Crippen molar-refractivity contribution >= 4 is 28.1 Å². The maximum Gasteiger partial charge on any atom is 0.261 e. The zero-order valence-corrected chi connectivity index (χ0v) is 19.3. The van der Waals surface area contributed by atoms with E-state index < -0.39 is 0 Å². The number of hydrogen-bond acceptors (Lipinski definition) is 7. The highest BCUT2D eigenvalue weighted by Crippen LogP contribution is 2.29. The monoisotopic (exact) mass is 456 g/mol. The first-order valence-electron chi connectivity index (χ1n) is 10.7. The average Bonchev–Trinajstić information content (AvgIpc) is 3.33. The van der Waals surface area contributed by atoms with Crippen molar-refractivity contribution in [2.45, 2.75) is 25.9 Å². The highest BCUT2D eigenvalue weighted by Gasteiger charge is 2.21. The molecule has 1 aromatic carbocycles. The van der Waals surface area contributed by atoms with Gasteiger partial charge in [0, 0.05) is 56.6 Å². The van der Waals surface area contributed by atoms with E-state index in [1.165, 1.54) is 18.3 Å². The van der Waals surface area contributed by atoms with Crippen LogP contribution in [-0.2, 0) is 17.9 Å². The van der Waals surface area contributed by atoms with Crippen molar-refractivity contribution in [3.63, 3.8) is 0 Å². The third-order valence-electron chi connectivity index (χ3n) is 5.80. The summed E-state index contributed by atoms with van der Waals surface area (Å²) in [6, 6.07) is 7.57. The normalized spacial score (nSPS) is 14.6. The number of rotatable bonds is 8. The minimum absolute atomic E-state index is 0.147. The smallest absolute Gasteiger partial charge is 0.261 e. The minimum Gasteiger partial charge on any atom is -0.493 e. The number of thiophene rings is 1. The Morgan fingerprint density at radius 3 is 2.56 bits per heavy atom. The summed E-state index contributed by atoms with van der Waals surface area (Å²) >= 11 is 1.77. The molecular formula is C23H28N4O4S. The molecule has 0 bridgehead atoms. The van der Waals surface area contributed by atoms with Crippen LogP contribution in [0.25, 0.3) is 10.9 Å². The van der Waals surface area contributed by atoms with Gasteiger partial charge >= 0.3 is 0 Å². The van der Waals surface area contributed by atoms with Gasteiger partial charge in [-0.15, -0.1) is 11.3 Å². The lowest BCUT2D eigenvalue weighted by atomic mass is 10.2. The van der Waals surface area contributed by atoms with E-state index in [2.05, 4.69) is 27.4 Å². The molecule has 1 aliphatic heterocycles. The van der Waals surface area contributed by atoms with E-state index in [0.29, 0.717) is 41.8 Å². The second kappa shape index (κ2) is 10.1. The molecule has 3 heterocycles. The number of ether oxygens (including phenoxy) is 2. The molecule has 0 spiro atoms. The van der Waals surface area contributed by atoms with Crippen LogP contribution >= 0.6 is 11.3 Å². The van der Waals surface area contributed by atoms with Crippen LogP contribution in [0.15, 0.2) is 40.8 Å². The van der Waals surface area contributed by atoms with Crippen molar-refractivity contribution in [1.82, 2.24) is 19.4 Å². The zero-order valence-electron chi connectivity index (χ0n) is 18.5. The van der Waals surface area contributed by atoms with Crippen LogP contribution in [0, 0.1) is 0 Å². The van der Waals surface area contributed by atoms with Gasteiger partial charge in [-0.25, -0.2) is 4.98 Å². The maximum atomic E-state index is 12.9. The van der Waals surface area contributed by atoms with Gasteiger partial charge < -0.3 is 14.4 Å². The number of amides is 1. The number of benzene rings is 1. The number of methoxy groups -OCH3 is 2. The van der Waals surface area contributed by atoms with Gasteiger partial charge in [-0.2, -0.15) is 0 Å². The topological polar surface area (TPSA) is 76.9 Å². The molecule has 2 aromatic heterocycles. The Balaban J connectivity index is 1.31. The number of carbonyl (C=O) groups excluding carboxylic acids is 1. The van der Waals surface area contributed by atoms with Crippen LogP contribution in [0.3, 0.4) is 0 Å². The Morgan fingerprint density at radius 2 is 1.88 bits per heavy atom. The number of nitrogens with zero attached hydrogens (tertiary/aromatic N) is 4. The summed E-state index contributed by atoms with van der Waals surface area (Å²) in [6.07, 6.45) is 2.54. The van der Waals surface area contributed by atoms with Gasteiger partial charge in [0.05, 0.1) is 31.4 Å². The van der Waals surface area contributed by atoms with E-state index in [4.69, 9.17) is 9.47 Å². The highest BCUT2D eigenvalue weighted by atomic mass is 32.1. The fourth-order valence-corrected chi connectivity index (χ4v) is 4.73. The van der Waals surface area contributed by atoms with Crippen molar-refractivity contribution in [2.24, 2.45) is 0 Å². The van der Waals surface area contributed by atoms with Crippen molar-refractivity contribution in [3.8, 4) is 11.5 Å². The van der Waals surface area contributed by atoms with Crippen LogP contribution in [0.4, 0.5) is 0 Å². The van der Waals surface area contributed by atoms with E-state index in [-0.39, 0.29) is 11.5 Å². The molecule has 8 nitrogen and oxygen atoms in total. The van der Waals surface area contributed by atoms with Gasteiger partial charge in [0.2, 0.25) is 5.91 Å². The Bertz CT molecular complexity index is 1120. The zero-order chi connectivity index (χ0) is 22.5. The quantitative estimate of drug-likeness (QED) is 0.519. The number of fused-ring (bicyclic) bond motifs is 1. The van der Waals surface area contributed by atoms with Crippen LogP contribution in [0.5, 0.6) is 11.5 Å². The molecule has 9 heteroatoms. The molecule has 3 aromatic rings. The van der Waals surface area contributed by atoms with E-state index in [1.807, 2.05) is 4.90 Å². The third kappa shape index (κ3) is 4.94. The Hall–Kier alpha value is -2.91. The van der Waals surface area contributed by atoms with Gasteiger partial charge in [0.1, 0.15) is 0 Å². The molecule has 1 saturated heterocycles. The molecule has 0 atom stereocenters. The van der Waals surface area contributed by atoms with Crippen molar-refractivity contribution in [1.29, 1.82) is 0 Å². The molecular weight excluding hydrogens is 428 g/mol. The number of piperazine rings is 1. The van der Waals surface area contributed by atoms with Gasteiger partial charge in [0.25, 0.3) is 5.56 Å². The van der Waals surface area contributed by atoms with Gasteiger partial charge in [-0.1, -0.05) is 6.07 Å². The number of hydrogen-bond donors (Lipinski definition) is 0. The predicted octanol–water partition coefficient (Wildman–Crippen LogP) is 2.60. The van der Waals surface area contributed by atoms with Crippen LogP contribution < -0.4 is 15.0 Å². The lowest BCUT2D eigenvalue weighted by Crippen LogP contribution is -2.48. The summed E-state index contributed by atoms with van der Waals surface area (Å²) in [6.45, 7) is 4.69. The van der Waals surface area contributed by atoms with E-state index >= 15 is 0 Å². The SMILES string of the molecule is COc1cc2ncn(CCCC(=O)N3CCN(Cc4cccs4)CC3)c(=O)c2cc1OC. The summed E-state index contributed by atoms with van der Waals surface area (Å²) in [5, 5.41) is 2.57. The molecule has 0 radical (unpaired) electrons. The fourth-order valence-electron chi connectivity index (χ4n) is 3.98. The minimum atomic E-state index is -0.148. The molecule has 1 amide bonds. The molecule has 0 saturated carbocycles. The van der Waals surface area contributed by atoms with Crippen molar-refractivity contribution in [3.05, 3.63) is 51.2 Å². The Labute approximate surface area is 191 Å². The van der Waals surface area contributed by atoms with Crippen molar-refractivity contribution < 1.29 is 14.3 Å². The summed E-state index contributed by atoms with van der Waals surface area (Å²) in [4.78, 5) is 35.6. The predicted molar refractivity (Wildman–Crippen MR) is 125 cm³/mol. The third-order valence-corrected chi connectivity index (χ3v) is 6.66. The van der Waals surface area contributed by atoms with Gasteiger partial charge in [0.15, 0.2) is 11.5 Å². The first-order valence-corrected chi connectivity index (χ1v) is 11.6. The number of carbonyl (C=O) groups is 1. The lowest BCUT2D eigenvalue weighted by molar-refractivity contribution is -0.133. The van der Waals surface area contributed by atoms with Crippen LogP contribution in [0.2, 0.25) is 0 Å². The van der Waals surface area contributed by atoms with Crippen molar-refractivity contribution in [2.75, 3.05) is 40.4 Å². The first-order chi connectivity index (χ1) is 15.6. The van der Waals surface area contributed by atoms with Crippen LogP contribution in [0.1, 0.15) is 17.7 Å². The molecule has 170 valence electrons. The summed E-state index contributed by atoms with van der Waals surface area (Å²) in [5.74, 6) is 1.17. The molecule has 32 heavy (non-hydrogen) atoms. The second-order valence-corrected chi connectivity index (χ2v) is 8.84. The largest absolute Gasteiger partial charge is 0.493 e. The number of aromatic nitrogens is 2. The summed E-state index contributed by atoms with van der Waals surface area (Å²) < 4.78 is 12.1. The summed E-state index contributed by atoms with van der Waals surface area (Å²) in [7, 11) is 3.08. The fraction of sp³-hybridized carbons (Fsp3) is 0.435. The molecule has 4 rings (SSSR count). The molecule has 0 aliphatic carbocycles. The molecule has 0 unspecified atom stereocenters. The number of aryl methyl sites for hydroxylation is 1. The van der Waals surface area contributed by atoms with E-state index in [1.54, 1.807) is 35.1 Å². The lowest BCUT2D eigenvalue weighted by Gasteiger charge is -2.34. The Morgan fingerprint density at radius 1 is 1.12 bits per heavy atom. The van der Waals surface area contributed by atoms with Gasteiger partial charge in [-0.05, 0) is 23.9 Å². The van der Waals surface area contributed by atoms with E-state index in [0.717, 1.165) is 32.7 Å². The first kappa shape index (κ1) is 22.3. The average molecular weight is 457 g/mol. The second-order valence-electron chi connectivity index (χ2n) is 7.81. The standard InChI is InChI=1S/C23H28N4O4S/c1-30-20-13-18-19(14-21(20)31-2)24-16-27(23(18)29)7-3-6-22(28)26-10-8-25(9-11-26)15-17-5-4-12-32-17/h4-5,12-14,16H,3,6-11,15H2,1-2H3. The highest BCUT2D eigenvalue weighted by molar-refractivity contribution is 7.09. The maximum absolute atomic E-state index is 12.9. The summed E-state index contributed by atoms with van der Waals surface area (Å²) in [5.41, 5.74) is 0.408.